The van der Waals surface area contributed by atoms with E-state index in [0.29, 0.717) is 6.54 Å². The Morgan fingerprint density at radius 1 is 1.00 bits per heavy atom. The summed E-state index contributed by atoms with van der Waals surface area (Å²) in [5, 5.41) is 20.6. The smallest absolute Gasteiger partial charge is 0.408 e. The third-order valence-corrected chi connectivity index (χ3v) is 4.02. The number of piperazine rings is 1. The number of carboxylic acid groups (broad SMARTS) is 2. The molecule has 1 amide bonds. The summed E-state index contributed by atoms with van der Waals surface area (Å²) in [5.74, 6) is -1.12. The van der Waals surface area contributed by atoms with Gasteiger partial charge in [-0.25, -0.2) is 9.59 Å². The molecule has 6 heteroatoms. The van der Waals surface area contributed by atoms with Crippen molar-refractivity contribution in [2.75, 3.05) is 24.5 Å². The van der Waals surface area contributed by atoms with E-state index < -0.39 is 18.1 Å². The van der Waals surface area contributed by atoms with E-state index in [9.17, 15) is 14.7 Å². The molecule has 114 valence electrons. The van der Waals surface area contributed by atoms with Crippen molar-refractivity contribution >= 4 is 28.5 Å². The van der Waals surface area contributed by atoms with Crippen molar-refractivity contribution in [2.45, 2.75) is 6.04 Å². The SMILES string of the molecule is O=C(O)C1CN(c2cccc3ccccc23)CCN1C(=O)O. The average molecular weight is 300 g/mol. The van der Waals surface area contributed by atoms with Gasteiger partial charge in [0.25, 0.3) is 0 Å². The number of carbonyl (C=O) groups is 2. The van der Waals surface area contributed by atoms with E-state index in [1.807, 2.05) is 47.4 Å². The summed E-state index contributed by atoms with van der Waals surface area (Å²) in [6.45, 7) is 0.801. The topological polar surface area (TPSA) is 81.1 Å². The third-order valence-electron chi connectivity index (χ3n) is 4.02. The van der Waals surface area contributed by atoms with E-state index >= 15 is 0 Å². The highest BCUT2D eigenvalue weighted by Gasteiger charge is 2.35. The van der Waals surface area contributed by atoms with Gasteiger partial charge in [-0.15, -0.1) is 0 Å². The Labute approximate surface area is 127 Å². The van der Waals surface area contributed by atoms with Crippen molar-refractivity contribution in [3.63, 3.8) is 0 Å². The molecule has 0 aromatic heterocycles. The van der Waals surface area contributed by atoms with E-state index in [-0.39, 0.29) is 13.1 Å². The maximum atomic E-state index is 11.4. The lowest BCUT2D eigenvalue weighted by atomic mass is 10.1. The first-order valence-electron chi connectivity index (χ1n) is 7.03. The van der Waals surface area contributed by atoms with Crippen molar-refractivity contribution in [1.82, 2.24) is 4.90 Å². The zero-order chi connectivity index (χ0) is 15.7. The largest absolute Gasteiger partial charge is 0.480 e. The van der Waals surface area contributed by atoms with Gasteiger partial charge in [0.1, 0.15) is 6.04 Å². The lowest BCUT2D eigenvalue weighted by Crippen LogP contribution is -2.58. The Bertz CT molecular complexity index is 726. The van der Waals surface area contributed by atoms with Crippen LogP contribution in [0.4, 0.5) is 10.5 Å². The van der Waals surface area contributed by atoms with Gasteiger partial charge in [-0.05, 0) is 11.5 Å². The molecule has 2 N–H and O–H groups in total. The van der Waals surface area contributed by atoms with Crippen LogP contribution in [0.1, 0.15) is 0 Å². The molecule has 22 heavy (non-hydrogen) atoms. The molecule has 0 saturated carbocycles. The molecule has 3 rings (SSSR count). The zero-order valence-corrected chi connectivity index (χ0v) is 11.8. The minimum absolute atomic E-state index is 0.148. The van der Waals surface area contributed by atoms with Crippen LogP contribution in [0.3, 0.4) is 0 Å². The van der Waals surface area contributed by atoms with Crippen LogP contribution in [0, 0.1) is 0 Å². The lowest BCUT2D eigenvalue weighted by molar-refractivity contribution is -0.142. The Balaban J connectivity index is 1.95. The first-order chi connectivity index (χ1) is 10.6. The highest BCUT2D eigenvalue weighted by atomic mass is 16.4. The zero-order valence-electron chi connectivity index (χ0n) is 11.8. The van der Waals surface area contributed by atoms with Gasteiger partial charge in [0, 0.05) is 30.7 Å². The van der Waals surface area contributed by atoms with Gasteiger partial charge < -0.3 is 15.1 Å². The van der Waals surface area contributed by atoms with Crippen molar-refractivity contribution in [1.29, 1.82) is 0 Å². The van der Waals surface area contributed by atoms with Crippen LogP contribution in [-0.2, 0) is 4.79 Å². The summed E-state index contributed by atoms with van der Waals surface area (Å²) in [5.41, 5.74) is 0.939. The summed E-state index contributed by atoms with van der Waals surface area (Å²) >= 11 is 0. The Morgan fingerprint density at radius 2 is 1.73 bits per heavy atom. The normalized spacial score (nSPS) is 18.5. The lowest BCUT2D eigenvalue weighted by Gasteiger charge is -2.39. The quantitative estimate of drug-likeness (QED) is 0.887. The van der Waals surface area contributed by atoms with E-state index in [1.54, 1.807) is 0 Å². The molecule has 6 nitrogen and oxygen atoms in total. The molecule has 1 atom stereocenters. The second kappa shape index (κ2) is 5.55. The van der Waals surface area contributed by atoms with Crippen LogP contribution in [0.2, 0.25) is 0 Å². The number of hydrogen-bond donors (Lipinski definition) is 2. The minimum atomic E-state index is -1.19. The van der Waals surface area contributed by atoms with Crippen molar-refractivity contribution in [3.05, 3.63) is 42.5 Å². The molecule has 0 aliphatic carbocycles. The Hall–Kier alpha value is -2.76. The summed E-state index contributed by atoms with van der Waals surface area (Å²) in [4.78, 5) is 25.5. The van der Waals surface area contributed by atoms with Crippen molar-refractivity contribution < 1.29 is 19.8 Å². The summed E-state index contributed by atoms with van der Waals surface area (Å²) < 4.78 is 0. The standard InChI is InChI=1S/C16H16N2O4/c19-15(20)14-10-17(8-9-18(14)16(21)22)13-7-3-5-11-4-1-2-6-12(11)13/h1-7,14H,8-10H2,(H,19,20)(H,21,22). The Kier molecular flexibility index (Phi) is 3.58. The highest BCUT2D eigenvalue weighted by molar-refractivity contribution is 5.94. The number of nitrogens with zero attached hydrogens (tertiary/aromatic N) is 2. The van der Waals surface area contributed by atoms with Crippen LogP contribution >= 0.6 is 0 Å². The number of hydrogen-bond acceptors (Lipinski definition) is 3. The molecule has 0 bridgehead atoms. The second-order valence-electron chi connectivity index (χ2n) is 5.27. The summed E-state index contributed by atoms with van der Waals surface area (Å²) in [6, 6.07) is 12.7. The number of anilines is 1. The van der Waals surface area contributed by atoms with Gasteiger partial charge in [0.15, 0.2) is 0 Å². The van der Waals surface area contributed by atoms with Gasteiger partial charge in [0.2, 0.25) is 0 Å². The number of amides is 1. The number of carboxylic acids is 1. The molecular formula is C16H16N2O4. The van der Waals surface area contributed by atoms with Crippen LogP contribution in [-0.4, -0.2) is 52.9 Å². The predicted octanol–water partition coefficient (Wildman–Crippen LogP) is 2.09. The van der Waals surface area contributed by atoms with E-state index in [4.69, 9.17) is 5.11 Å². The number of rotatable bonds is 2. The summed E-state index contributed by atoms with van der Waals surface area (Å²) in [6.07, 6.45) is -1.19. The van der Waals surface area contributed by atoms with Crippen LogP contribution in [0.5, 0.6) is 0 Å². The van der Waals surface area contributed by atoms with Crippen molar-refractivity contribution in [3.8, 4) is 0 Å². The van der Waals surface area contributed by atoms with E-state index in [1.165, 1.54) is 0 Å². The van der Waals surface area contributed by atoms with Gasteiger partial charge in [-0.3, -0.25) is 4.90 Å². The van der Waals surface area contributed by atoms with Gasteiger partial charge in [0.05, 0.1) is 0 Å². The fraction of sp³-hybridized carbons (Fsp3) is 0.250. The van der Waals surface area contributed by atoms with Crippen molar-refractivity contribution in [2.24, 2.45) is 0 Å². The third kappa shape index (κ3) is 2.43. The molecule has 1 fully saturated rings. The molecule has 2 aromatic carbocycles. The molecule has 1 unspecified atom stereocenters. The molecule has 1 aliphatic heterocycles. The molecule has 1 heterocycles. The monoisotopic (exact) mass is 300 g/mol. The maximum absolute atomic E-state index is 11.4. The van der Waals surface area contributed by atoms with Crippen LogP contribution in [0.15, 0.2) is 42.5 Å². The van der Waals surface area contributed by atoms with E-state index in [2.05, 4.69) is 0 Å². The first kappa shape index (κ1) is 14.2. The average Bonchev–Trinajstić information content (AvgIpc) is 2.53. The second-order valence-corrected chi connectivity index (χ2v) is 5.27. The molecule has 0 spiro atoms. The van der Waals surface area contributed by atoms with Gasteiger partial charge >= 0.3 is 12.1 Å². The summed E-state index contributed by atoms with van der Waals surface area (Å²) in [7, 11) is 0. The number of fused-ring (bicyclic) bond motifs is 1. The minimum Gasteiger partial charge on any atom is -0.480 e. The van der Waals surface area contributed by atoms with Gasteiger partial charge in [-0.2, -0.15) is 0 Å². The molecular weight excluding hydrogens is 284 g/mol. The van der Waals surface area contributed by atoms with Crippen LogP contribution in [0.25, 0.3) is 10.8 Å². The molecule has 1 saturated heterocycles. The van der Waals surface area contributed by atoms with Crippen LogP contribution < -0.4 is 4.90 Å². The molecule has 2 aromatic rings. The first-order valence-corrected chi connectivity index (χ1v) is 7.03. The maximum Gasteiger partial charge on any atom is 0.408 e. The number of benzene rings is 2. The molecule has 0 radical (unpaired) electrons. The predicted molar refractivity (Wildman–Crippen MR) is 82.3 cm³/mol. The fourth-order valence-electron chi connectivity index (χ4n) is 2.93. The Morgan fingerprint density at radius 3 is 2.45 bits per heavy atom. The van der Waals surface area contributed by atoms with E-state index in [0.717, 1.165) is 21.4 Å². The number of aliphatic carboxylic acids is 1. The highest BCUT2D eigenvalue weighted by Crippen LogP contribution is 2.28. The van der Waals surface area contributed by atoms with Gasteiger partial charge in [-0.1, -0.05) is 36.4 Å². The fourth-order valence-corrected chi connectivity index (χ4v) is 2.93. The molecule has 1 aliphatic rings.